The molecule has 0 bridgehead atoms. The molecule has 0 radical (unpaired) electrons. The van der Waals surface area contributed by atoms with E-state index in [-0.39, 0.29) is 17.1 Å². The Bertz CT molecular complexity index is 1680. The van der Waals surface area contributed by atoms with Crippen molar-refractivity contribution < 1.29 is 4.79 Å². The summed E-state index contributed by atoms with van der Waals surface area (Å²) in [5, 5.41) is 2.40. The fourth-order valence-electron chi connectivity index (χ4n) is 5.40. The van der Waals surface area contributed by atoms with E-state index in [1.54, 1.807) is 15.9 Å². The molecule has 6 rings (SSSR count). The lowest BCUT2D eigenvalue weighted by atomic mass is 10.0. The van der Waals surface area contributed by atoms with Gasteiger partial charge in [0.25, 0.3) is 5.56 Å². The second-order valence-corrected chi connectivity index (χ2v) is 11.3. The Morgan fingerprint density at radius 1 is 1.08 bits per heavy atom. The van der Waals surface area contributed by atoms with Crippen molar-refractivity contribution in [3.8, 4) is 11.3 Å². The number of carbonyl (C=O) groups is 1. The van der Waals surface area contributed by atoms with Gasteiger partial charge < -0.3 is 4.57 Å². The maximum Gasteiger partial charge on any atom is 0.263 e. The number of hydrogen-bond donors (Lipinski definition) is 0. The first kappa shape index (κ1) is 23.3. The molecule has 0 saturated carbocycles. The van der Waals surface area contributed by atoms with Crippen molar-refractivity contribution in [3.63, 3.8) is 0 Å². The predicted molar refractivity (Wildman–Crippen MR) is 150 cm³/mol. The van der Waals surface area contributed by atoms with Gasteiger partial charge in [-0.1, -0.05) is 67.2 Å². The first-order valence-corrected chi connectivity index (χ1v) is 14.2. The topological polar surface area (TPSA) is 56.9 Å². The maximum atomic E-state index is 13.8. The second-order valence-electron chi connectivity index (χ2n) is 9.27. The fraction of sp³-hybridized carbons (Fsp3) is 0.276. The van der Waals surface area contributed by atoms with Crippen LogP contribution in [0.4, 0.5) is 0 Å². The molecule has 0 N–H and O–H groups in total. The average molecular weight is 514 g/mol. The highest BCUT2D eigenvalue weighted by molar-refractivity contribution is 7.99. The third-order valence-electron chi connectivity index (χ3n) is 7.00. The lowest BCUT2D eigenvalue weighted by molar-refractivity contribution is 0.102. The van der Waals surface area contributed by atoms with Crippen LogP contribution < -0.4 is 5.56 Å². The molecule has 1 aliphatic carbocycles. The first-order valence-electron chi connectivity index (χ1n) is 12.4. The zero-order valence-electron chi connectivity index (χ0n) is 20.4. The third kappa shape index (κ3) is 3.73. The molecule has 0 aliphatic heterocycles. The van der Waals surface area contributed by atoms with Gasteiger partial charge in [0.15, 0.2) is 10.9 Å². The average Bonchev–Trinajstić information content (AvgIpc) is 3.57. The highest BCUT2D eigenvalue weighted by Gasteiger charge is 2.25. The maximum absolute atomic E-state index is 13.8. The largest absolute Gasteiger partial charge is 0.343 e. The van der Waals surface area contributed by atoms with Gasteiger partial charge in [-0.05, 0) is 42.9 Å². The molecule has 5 aromatic rings. The SMILES string of the molecule is CCCn1c(SCC(=O)c2c(-c3ccccc3)n(C)c3ccccc23)nc2sc3c(c2c1=O)CCC3. The number of para-hydroxylation sites is 1. The van der Waals surface area contributed by atoms with Gasteiger partial charge in [-0.15, -0.1) is 11.3 Å². The summed E-state index contributed by atoms with van der Waals surface area (Å²) in [5.74, 6) is 0.266. The molecule has 0 spiro atoms. The molecule has 3 heterocycles. The Hall–Kier alpha value is -3.16. The number of aromatic nitrogens is 3. The van der Waals surface area contributed by atoms with Crippen molar-refractivity contribution in [3.05, 3.63) is 81.0 Å². The zero-order chi connectivity index (χ0) is 24.8. The van der Waals surface area contributed by atoms with Crippen LogP contribution in [0.15, 0.2) is 64.5 Å². The third-order valence-corrected chi connectivity index (χ3v) is 9.16. The standard InChI is InChI=1S/C29H27N3O2S2/c1-3-16-32-28(34)25-20-13-9-15-23(20)36-27(25)30-29(32)35-17-22(33)24-19-12-7-8-14-21(19)31(2)26(24)18-10-5-4-6-11-18/h4-8,10-12,14H,3,9,13,15-17H2,1-2H3. The van der Waals surface area contributed by atoms with Gasteiger partial charge in [0.05, 0.1) is 22.4 Å². The molecule has 3 aromatic heterocycles. The summed E-state index contributed by atoms with van der Waals surface area (Å²) in [5.41, 5.74) is 4.94. The van der Waals surface area contributed by atoms with Gasteiger partial charge in [-0.3, -0.25) is 14.2 Å². The predicted octanol–water partition coefficient (Wildman–Crippen LogP) is 6.49. The number of hydrogen-bond acceptors (Lipinski definition) is 5. The fourth-order valence-corrected chi connectivity index (χ4v) is 7.60. The molecule has 2 aromatic carbocycles. The summed E-state index contributed by atoms with van der Waals surface area (Å²) in [6.07, 6.45) is 3.95. The number of Topliss-reactive ketones (excluding diaryl/α,β-unsaturated/α-hetero) is 1. The zero-order valence-corrected chi connectivity index (χ0v) is 22.0. The number of ketones is 1. The molecule has 1 aliphatic rings. The van der Waals surface area contributed by atoms with E-state index in [0.29, 0.717) is 11.7 Å². The molecule has 7 heteroatoms. The van der Waals surface area contributed by atoms with Gasteiger partial charge in [0, 0.05) is 29.4 Å². The number of rotatable bonds is 7. The number of thiophene rings is 1. The summed E-state index contributed by atoms with van der Waals surface area (Å²) in [6.45, 7) is 2.67. The van der Waals surface area contributed by atoms with E-state index in [4.69, 9.17) is 4.98 Å². The normalized spacial score (nSPS) is 13.1. The summed E-state index contributed by atoms with van der Waals surface area (Å²) < 4.78 is 3.89. The van der Waals surface area contributed by atoms with Gasteiger partial charge >= 0.3 is 0 Å². The van der Waals surface area contributed by atoms with Crippen LogP contribution in [0.2, 0.25) is 0 Å². The smallest absolute Gasteiger partial charge is 0.263 e. The van der Waals surface area contributed by atoms with Crippen molar-refractivity contribution in [1.82, 2.24) is 14.1 Å². The van der Waals surface area contributed by atoms with E-state index in [9.17, 15) is 9.59 Å². The number of nitrogens with zero attached hydrogens (tertiary/aromatic N) is 3. The molecule has 0 fully saturated rings. The molecule has 182 valence electrons. The molecule has 36 heavy (non-hydrogen) atoms. The second kappa shape index (κ2) is 9.37. The van der Waals surface area contributed by atoms with Crippen LogP contribution in [0.5, 0.6) is 0 Å². The molecule has 0 atom stereocenters. The number of thioether (sulfide) groups is 1. The van der Waals surface area contributed by atoms with E-state index < -0.39 is 0 Å². The van der Waals surface area contributed by atoms with Crippen LogP contribution in [0.1, 0.15) is 40.6 Å². The number of fused-ring (bicyclic) bond motifs is 4. The number of carbonyl (C=O) groups excluding carboxylic acids is 1. The minimum Gasteiger partial charge on any atom is -0.343 e. The summed E-state index contributed by atoms with van der Waals surface area (Å²) in [4.78, 5) is 34.4. The van der Waals surface area contributed by atoms with Crippen LogP contribution in [0.25, 0.3) is 32.4 Å². The van der Waals surface area contributed by atoms with Gasteiger partial charge in [0.1, 0.15) is 4.83 Å². The van der Waals surface area contributed by atoms with E-state index in [2.05, 4.69) is 17.6 Å². The first-order chi connectivity index (χ1) is 17.6. The van der Waals surface area contributed by atoms with Crippen molar-refractivity contribution in [2.24, 2.45) is 7.05 Å². The molecule has 0 unspecified atom stereocenters. The van der Waals surface area contributed by atoms with E-state index in [0.717, 1.165) is 63.6 Å². The quantitative estimate of drug-likeness (QED) is 0.142. The Kier molecular flexibility index (Phi) is 6.05. The minimum atomic E-state index is 0.0433. The van der Waals surface area contributed by atoms with Gasteiger partial charge in [-0.25, -0.2) is 4.98 Å². The molecule has 5 nitrogen and oxygen atoms in total. The Balaban J connectivity index is 1.41. The highest BCUT2D eigenvalue weighted by Crippen LogP contribution is 2.37. The van der Waals surface area contributed by atoms with Crippen LogP contribution in [0.3, 0.4) is 0 Å². The lowest BCUT2D eigenvalue weighted by Crippen LogP contribution is -2.23. The van der Waals surface area contributed by atoms with Gasteiger partial charge in [0.2, 0.25) is 0 Å². The van der Waals surface area contributed by atoms with Crippen molar-refractivity contribution in [2.75, 3.05) is 5.75 Å². The molecule has 0 saturated heterocycles. The van der Waals surface area contributed by atoms with E-state index in [1.165, 1.54) is 22.2 Å². The molecular formula is C29H27N3O2S2. The Morgan fingerprint density at radius 3 is 2.67 bits per heavy atom. The van der Waals surface area contributed by atoms with Crippen molar-refractivity contribution >= 4 is 50.0 Å². The van der Waals surface area contributed by atoms with Crippen LogP contribution in [0, 0.1) is 0 Å². The van der Waals surface area contributed by atoms with E-state index >= 15 is 0 Å². The monoisotopic (exact) mass is 513 g/mol. The van der Waals surface area contributed by atoms with Gasteiger partial charge in [-0.2, -0.15) is 0 Å². The summed E-state index contributed by atoms with van der Waals surface area (Å²) >= 11 is 3.03. The Morgan fingerprint density at radius 2 is 1.86 bits per heavy atom. The van der Waals surface area contributed by atoms with Crippen molar-refractivity contribution in [1.29, 1.82) is 0 Å². The van der Waals surface area contributed by atoms with Crippen LogP contribution >= 0.6 is 23.1 Å². The lowest BCUT2D eigenvalue weighted by Gasteiger charge is -2.12. The molecule has 0 amide bonds. The summed E-state index contributed by atoms with van der Waals surface area (Å²) in [7, 11) is 2.01. The van der Waals surface area contributed by atoms with Crippen molar-refractivity contribution in [2.45, 2.75) is 44.3 Å². The Labute approximate surface area is 217 Å². The molecular weight excluding hydrogens is 486 g/mol. The van der Waals surface area contributed by atoms with Crippen LogP contribution in [-0.2, 0) is 26.4 Å². The van der Waals surface area contributed by atoms with Crippen LogP contribution in [-0.4, -0.2) is 25.7 Å². The highest BCUT2D eigenvalue weighted by atomic mass is 32.2. The number of benzene rings is 2. The van der Waals surface area contributed by atoms with E-state index in [1.807, 2.05) is 55.6 Å². The minimum absolute atomic E-state index is 0.0433. The summed E-state index contributed by atoms with van der Waals surface area (Å²) in [6, 6.07) is 18.1. The number of aryl methyl sites for hydroxylation is 3.